The van der Waals surface area contributed by atoms with Crippen molar-refractivity contribution in [3.63, 3.8) is 0 Å². The van der Waals surface area contributed by atoms with Crippen molar-refractivity contribution >= 4 is 9.05 Å². The van der Waals surface area contributed by atoms with Gasteiger partial charge in [-0.15, -0.1) is 9.05 Å². The summed E-state index contributed by atoms with van der Waals surface area (Å²) in [5.41, 5.74) is 0. The van der Waals surface area contributed by atoms with Gasteiger partial charge >= 0.3 is 154 Å². The van der Waals surface area contributed by atoms with Crippen LogP contribution in [0.2, 0.25) is 0 Å². The molecule has 0 amide bonds. The van der Waals surface area contributed by atoms with Crippen LogP contribution >= 0.6 is 0 Å². The molecular weight excluding hydrogens is 305 g/mol. The van der Waals surface area contributed by atoms with Gasteiger partial charge in [0, 0.05) is 6.61 Å². The Bertz CT molecular complexity index is 124. The predicted molar refractivity (Wildman–Crippen MR) is 45.1 cm³/mol. The summed E-state index contributed by atoms with van der Waals surface area (Å²) in [5, 5.41) is 0. The SMILES string of the molecule is CCCCCCCCO[Si]([O-])([O-])[O-].[K+].[K+].[K+]. The molecular formula is C8H17K3O4Si. The number of hydrogen-bond acceptors (Lipinski definition) is 4. The Hall–Kier alpha value is 4.97. The van der Waals surface area contributed by atoms with Crippen LogP contribution in [0.25, 0.3) is 0 Å². The van der Waals surface area contributed by atoms with E-state index >= 15 is 0 Å². The molecule has 80 valence electrons. The minimum absolute atomic E-state index is 0. The van der Waals surface area contributed by atoms with Gasteiger partial charge in [-0.2, -0.15) is 0 Å². The molecule has 4 nitrogen and oxygen atoms in total. The average Bonchev–Trinajstić information content (AvgIpc) is 2.01. The standard InChI is InChI=1S/C8H17O4Si.3K/c1-2-3-4-5-6-7-8-12-13(9,10)11;;;/h2-8H2,1H3;;;/q-3;3*+1. The maximum atomic E-state index is 10.0. The van der Waals surface area contributed by atoms with Gasteiger partial charge in [-0.3, -0.25) is 0 Å². The molecule has 16 heavy (non-hydrogen) atoms. The van der Waals surface area contributed by atoms with E-state index in [2.05, 4.69) is 11.3 Å². The van der Waals surface area contributed by atoms with Gasteiger partial charge in [0.15, 0.2) is 0 Å². The molecule has 0 bridgehead atoms. The summed E-state index contributed by atoms with van der Waals surface area (Å²) in [7, 11) is -4.98. The summed E-state index contributed by atoms with van der Waals surface area (Å²) in [6.45, 7) is 2.18. The fraction of sp³-hybridized carbons (Fsp3) is 1.00. The van der Waals surface area contributed by atoms with E-state index in [4.69, 9.17) is 0 Å². The third-order valence-electron chi connectivity index (χ3n) is 1.78. The van der Waals surface area contributed by atoms with Crippen LogP contribution in [0.15, 0.2) is 0 Å². The largest absolute Gasteiger partial charge is 1.00 e. The van der Waals surface area contributed by atoms with Crippen LogP contribution in [0.5, 0.6) is 0 Å². The zero-order chi connectivity index (χ0) is 10.2. The van der Waals surface area contributed by atoms with Crippen molar-refractivity contribution < 1.29 is 173 Å². The Morgan fingerprint density at radius 1 is 0.812 bits per heavy atom. The molecule has 0 fully saturated rings. The summed E-state index contributed by atoms with van der Waals surface area (Å²) >= 11 is 0. The zero-order valence-electron chi connectivity index (χ0n) is 11.1. The maximum absolute atomic E-state index is 10.0. The van der Waals surface area contributed by atoms with Crippen LogP contribution in [0.3, 0.4) is 0 Å². The van der Waals surface area contributed by atoms with Gasteiger partial charge in [0.2, 0.25) is 0 Å². The van der Waals surface area contributed by atoms with E-state index in [1.165, 1.54) is 19.3 Å². The smallest absolute Gasteiger partial charge is 0.861 e. The molecule has 0 saturated carbocycles. The van der Waals surface area contributed by atoms with Crippen LogP contribution in [0.1, 0.15) is 45.4 Å². The third kappa shape index (κ3) is 27.3. The molecule has 0 N–H and O–H groups in total. The summed E-state index contributed by atoms with van der Waals surface area (Å²) < 4.78 is 4.11. The molecule has 0 saturated heterocycles. The van der Waals surface area contributed by atoms with E-state index in [1.54, 1.807) is 0 Å². The minimum atomic E-state index is -4.98. The second kappa shape index (κ2) is 20.0. The van der Waals surface area contributed by atoms with E-state index in [0.717, 1.165) is 12.8 Å². The Labute approximate surface area is 227 Å². The van der Waals surface area contributed by atoms with E-state index in [9.17, 15) is 14.4 Å². The number of unbranched alkanes of at least 4 members (excludes halogenated alkanes) is 5. The van der Waals surface area contributed by atoms with Gasteiger partial charge in [0.25, 0.3) is 0 Å². The van der Waals surface area contributed by atoms with Crippen molar-refractivity contribution in [2.45, 2.75) is 45.4 Å². The topological polar surface area (TPSA) is 78.4 Å². The number of rotatable bonds is 8. The van der Waals surface area contributed by atoms with E-state index in [0.29, 0.717) is 6.42 Å². The fourth-order valence-corrected chi connectivity index (χ4v) is 1.47. The van der Waals surface area contributed by atoms with Gasteiger partial charge in [0.05, 0.1) is 0 Å². The zero-order valence-corrected chi connectivity index (χ0v) is 21.5. The summed E-state index contributed by atoms with van der Waals surface area (Å²) in [6, 6.07) is 0. The second-order valence-electron chi connectivity index (χ2n) is 3.12. The predicted octanol–water partition coefficient (Wildman–Crippen LogP) is -10.1. The molecule has 0 aromatic carbocycles. The van der Waals surface area contributed by atoms with Crippen LogP contribution in [-0.4, -0.2) is 15.7 Å². The molecule has 0 spiro atoms. The van der Waals surface area contributed by atoms with Crippen molar-refractivity contribution in [3.8, 4) is 0 Å². The monoisotopic (exact) mass is 322 g/mol. The van der Waals surface area contributed by atoms with Crippen molar-refractivity contribution in [2.75, 3.05) is 6.61 Å². The normalized spacial score (nSPS) is 9.75. The fourth-order valence-electron chi connectivity index (χ4n) is 1.08. The molecule has 0 aromatic rings. The molecule has 0 aliphatic heterocycles. The Morgan fingerprint density at radius 3 is 1.69 bits per heavy atom. The summed E-state index contributed by atoms with van der Waals surface area (Å²) in [6.07, 6.45) is 6.25. The minimum Gasteiger partial charge on any atom is -0.861 e. The van der Waals surface area contributed by atoms with Crippen LogP contribution in [-0.2, 0) is 4.43 Å². The Kier molecular flexibility index (Phi) is 36.2. The molecule has 0 atom stereocenters. The number of hydrogen-bond donors (Lipinski definition) is 0. The Morgan fingerprint density at radius 2 is 1.25 bits per heavy atom. The summed E-state index contributed by atoms with van der Waals surface area (Å²) in [4.78, 5) is 30.1. The molecule has 0 aromatic heterocycles. The van der Waals surface area contributed by atoms with Crippen LogP contribution in [0, 0.1) is 0 Å². The average molecular weight is 323 g/mol. The third-order valence-corrected chi connectivity index (χ3v) is 2.33. The first-order valence-electron chi connectivity index (χ1n) is 4.81. The van der Waals surface area contributed by atoms with Crippen molar-refractivity contribution in [1.82, 2.24) is 0 Å². The Balaban J connectivity index is -0.000000240. The van der Waals surface area contributed by atoms with Gasteiger partial charge in [-0.25, -0.2) is 0 Å². The molecule has 0 radical (unpaired) electrons. The van der Waals surface area contributed by atoms with Crippen molar-refractivity contribution in [2.24, 2.45) is 0 Å². The van der Waals surface area contributed by atoms with E-state index in [1.807, 2.05) is 0 Å². The van der Waals surface area contributed by atoms with Gasteiger partial charge < -0.3 is 18.8 Å². The second-order valence-corrected chi connectivity index (χ2v) is 4.40. The molecule has 0 aliphatic rings. The molecule has 0 aliphatic carbocycles. The van der Waals surface area contributed by atoms with Gasteiger partial charge in [-0.05, 0) is 6.42 Å². The molecule has 0 heterocycles. The molecule has 0 rings (SSSR count). The van der Waals surface area contributed by atoms with Crippen molar-refractivity contribution in [3.05, 3.63) is 0 Å². The quantitative estimate of drug-likeness (QED) is 0.328. The maximum Gasteiger partial charge on any atom is 1.00 e. The van der Waals surface area contributed by atoms with Gasteiger partial charge in [-0.1, -0.05) is 39.0 Å². The summed E-state index contributed by atoms with van der Waals surface area (Å²) in [5.74, 6) is 0. The van der Waals surface area contributed by atoms with Gasteiger partial charge in [0.1, 0.15) is 0 Å². The first-order valence-corrected chi connectivity index (χ1v) is 6.45. The van der Waals surface area contributed by atoms with Crippen LogP contribution < -0.4 is 169 Å². The molecule has 8 heteroatoms. The van der Waals surface area contributed by atoms with E-state index < -0.39 is 9.05 Å². The van der Waals surface area contributed by atoms with Crippen LogP contribution in [0.4, 0.5) is 0 Å². The first kappa shape index (κ1) is 29.0. The van der Waals surface area contributed by atoms with E-state index in [-0.39, 0.29) is 161 Å². The van der Waals surface area contributed by atoms with Crippen molar-refractivity contribution in [1.29, 1.82) is 0 Å². The first-order chi connectivity index (χ1) is 6.06. The molecule has 0 unspecified atom stereocenters.